The molecule has 1 aromatic rings. The third kappa shape index (κ3) is 4.91. The summed E-state index contributed by atoms with van der Waals surface area (Å²) in [7, 11) is 0. The Labute approximate surface area is 145 Å². The monoisotopic (exact) mass is 350 g/mol. The van der Waals surface area contributed by atoms with Gasteiger partial charge in [-0.3, -0.25) is 14.9 Å². The fraction of sp³-hybridized carbons (Fsp3) is 0.529. The number of esters is 1. The zero-order valence-corrected chi connectivity index (χ0v) is 14.3. The summed E-state index contributed by atoms with van der Waals surface area (Å²) < 4.78 is 10.1. The molecule has 2 rings (SSSR count). The van der Waals surface area contributed by atoms with E-state index in [9.17, 15) is 19.7 Å². The largest absolute Gasteiger partial charge is 0.475 e. The highest BCUT2D eigenvalue weighted by Crippen LogP contribution is 2.25. The molecule has 0 aromatic heterocycles. The molecule has 0 bridgehead atoms. The summed E-state index contributed by atoms with van der Waals surface area (Å²) in [6.07, 6.45) is 2.95. The molecule has 0 saturated carbocycles. The highest BCUT2D eigenvalue weighted by molar-refractivity contribution is 5.81. The van der Waals surface area contributed by atoms with Gasteiger partial charge in [0.1, 0.15) is 0 Å². The SMILES string of the molecule is C[C@H]1CCC[C@H](C)N1C(=O)COC(=O)COc1ccccc1[N+](=O)[O-]. The second-order valence-corrected chi connectivity index (χ2v) is 6.10. The van der Waals surface area contributed by atoms with Gasteiger partial charge in [0.2, 0.25) is 0 Å². The van der Waals surface area contributed by atoms with Crippen molar-refractivity contribution in [1.29, 1.82) is 0 Å². The van der Waals surface area contributed by atoms with E-state index in [1.807, 2.05) is 13.8 Å². The van der Waals surface area contributed by atoms with E-state index in [1.165, 1.54) is 18.2 Å². The lowest BCUT2D eigenvalue weighted by Gasteiger charge is -2.38. The van der Waals surface area contributed by atoms with Gasteiger partial charge in [-0.25, -0.2) is 4.79 Å². The summed E-state index contributed by atoms with van der Waals surface area (Å²) in [4.78, 5) is 36.1. The van der Waals surface area contributed by atoms with Gasteiger partial charge in [-0.2, -0.15) is 0 Å². The number of hydrogen-bond donors (Lipinski definition) is 0. The van der Waals surface area contributed by atoms with E-state index in [-0.39, 0.29) is 36.0 Å². The maximum atomic E-state index is 12.3. The molecule has 8 nitrogen and oxygen atoms in total. The predicted octanol–water partition coefficient (Wildman–Crippen LogP) is 2.31. The zero-order valence-electron chi connectivity index (χ0n) is 14.3. The Kier molecular flexibility index (Phi) is 6.32. The van der Waals surface area contributed by atoms with Gasteiger partial charge in [0.15, 0.2) is 19.0 Å². The van der Waals surface area contributed by atoms with Crippen molar-refractivity contribution in [2.24, 2.45) is 0 Å². The van der Waals surface area contributed by atoms with Crippen molar-refractivity contribution < 1.29 is 24.0 Å². The fourth-order valence-corrected chi connectivity index (χ4v) is 3.04. The van der Waals surface area contributed by atoms with Crippen LogP contribution < -0.4 is 4.74 Å². The van der Waals surface area contributed by atoms with Crippen LogP contribution in [0.15, 0.2) is 24.3 Å². The van der Waals surface area contributed by atoms with Crippen molar-refractivity contribution in [3.05, 3.63) is 34.4 Å². The molecule has 0 N–H and O–H groups in total. The van der Waals surface area contributed by atoms with Crippen LogP contribution in [-0.2, 0) is 14.3 Å². The van der Waals surface area contributed by atoms with Gasteiger partial charge in [0.05, 0.1) is 4.92 Å². The second-order valence-electron chi connectivity index (χ2n) is 6.10. The highest BCUT2D eigenvalue weighted by Gasteiger charge is 2.29. The van der Waals surface area contributed by atoms with Gasteiger partial charge in [-0.05, 0) is 39.2 Å². The molecular weight excluding hydrogens is 328 g/mol. The number of para-hydroxylation sites is 2. The van der Waals surface area contributed by atoms with Gasteiger partial charge in [0.25, 0.3) is 5.91 Å². The first-order chi connectivity index (χ1) is 11.9. The van der Waals surface area contributed by atoms with Crippen molar-refractivity contribution in [3.8, 4) is 5.75 Å². The zero-order chi connectivity index (χ0) is 18.4. The first kappa shape index (κ1) is 18.7. The Hall–Kier alpha value is -2.64. The smallest absolute Gasteiger partial charge is 0.344 e. The Balaban J connectivity index is 1.83. The average molecular weight is 350 g/mol. The number of piperidine rings is 1. The number of likely N-dealkylation sites (tertiary alicyclic amines) is 1. The van der Waals surface area contributed by atoms with E-state index in [1.54, 1.807) is 11.0 Å². The van der Waals surface area contributed by atoms with Gasteiger partial charge >= 0.3 is 11.7 Å². The van der Waals surface area contributed by atoms with E-state index < -0.39 is 17.5 Å². The summed E-state index contributed by atoms with van der Waals surface area (Å²) in [6.45, 7) is 3.11. The Bertz CT molecular complexity index is 638. The Morgan fingerprint density at radius 2 is 1.84 bits per heavy atom. The van der Waals surface area contributed by atoms with Crippen LogP contribution in [0.1, 0.15) is 33.1 Å². The first-order valence-electron chi connectivity index (χ1n) is 8.23. The second kappa shape index (κ2) is 8.46. The molecule has 0 radical (unpaired) electrons. The third-order valence-corrected chi connectivity index (χ3v) is 4.25. The third-order valence-electron chi connectivity index (χ3n) is 4.25. The van der Waals surface area contributed by atoms with Crippen molar-refractivity contribution in [2.75, 3.05) is 13.2 Å². The molecule has 2 atom stereocenters. The lowest BCUT2D eigenvalue weighted by molar-refractivity contribution is -0.385. The predicted molar refractivity (Wildman–Crippen MR) is 89.2 cm³/mol. The normalized spacial score (nSPS) is 20.0. The number of carbonyl (C=O) groups is 2. The van der Waals surface area contributed by atoms with Crippen LogP contribution in [0.3, 0.4) is 0 Å². The molecular formula is C17H22N2O6. The van der Waals surface area contributed by atoms with Crippen molar-refractivity contribution >= 4 is 17.6 Å². The van der Waals surface area contributed by atoms with E-state index >= 15 is 0 Å². The molecule has 1 amide bonds. The molecule has 0 aliphatic carbocycles. The van der Waals surface area contributed by atoms with E-state index in [2.05, 4.69) is 0 Å². The van der Waals surface area contributed by atoms with Crippen LogP contribution in [0.25, 0.3) is 0 Å². The molecule has 1 heterocycles. The number of carbonyl (C=O) groups excluding carboxylic acids is 2. The molecule has 136 valence electrons. The summed E-state index contributed by atoms with van der Waals surface area (Å²) in [5.41, 5.74) is -0.234. The number of nitro groups is 1. The van der Waals surface area contributed by atoms with Gasteiger partial charge in [-0.1, -0.05) is 12.1 Å². The molecule has 25 heavy (non-hydrogen) atoms. The minimum atomic E-state index is -0.746. The van der Waals surface area contributed by atoms with Crippen LogP contribution >= 0.6 is 0 Å². The number of benzene rings is 1. The summed E-state index contributed by atoms with van der Waals surface area (Å²) in [5.74, 6) is -1.00. The van der Waals surface area contributed by atoms with Crippen LogP contribution in [0, 0.1) is 10.1 Å². The number of rotatable bonds is 6. The fourth-order valence-electron chi connectivity index (χ4n) is 3.04. The van der Waals surface area contributed by atoms with Crippen LogP contribution in [0.2, 0.25) is 0 Å². The molecule has 8 heteroatoms. The molecule has 1 saturated heterocycles. The van der Waals surface area contributed by atoms with E-state index in [0.717, 1.165) is 19.3 Å². The van der Waals surface area contributed by atoms with Crippen molar-refractivity contribution in [2.45, 2.75) is 45.2 Å². The number of amides is 1. The van der Waals surface area contributed by atoms with Gasteiger partial charge < -0.3 is 14.4 Å². The lowest BCUT2D eigenvalue weighted by atomic mass is 9.97. The molecule has 1 fully saturated rings. The van der Waals surface area contributed by atoms with Gasteiger partial charge in [0, 0.05) is 18.2 Å². The molecule has 1 aliphatic rings. The molecule has 1 aliphatic heterocycles. The number of hydrogen-bond acceptors (Lipinski definition) is 6. The minimum absolute atomic E-state index is 0.0194. The Morgan fingerprint density at radius 1 is 1.20 bits per heavy atom. The summed E-state index contributed by atoms with van der Waals surface area (Å²) in [5, 5.41) is 10.9. The first-order valence-corrected chi connectivity index (χ1v) is 8.23. The number of ether oxygens (including phenoxy) is 2. The Morgan fingerprint density at radius 3 is 2.48 bits per heavy atom. The van der Waals surface area contributed by atoms with Crippen molar-refractivity contribution in [1.82, 2.24) is 4.90 Å². The van der Waals surface area contributed by atoms with E-state index in [0.29, 0.717) is 0 Å². The summed E-state index contributed by atoms with van der Waals surface area (Å²) >= 11 is 0. The van der Waals surface area contributed by atoms with E-state index in [4.69, 9.17) is 9.47 Å². The minimum Gasteiger partial charge on any atom is -0.475 e. The topological polar surface area (TPSA) is 99.0 Å². The highest BCUT2D eigenvalue weighted by atomic mass is 16.6. The maximum absolute atomic E-state index is 12.3. The average Bonchev–Trinajstić information content (AvgIpc) is 2.58. The van der Waals surface area contributed by atoms with Crippen LogP contribution in [0.5, 0.6) is 5.75 Å². The molecule has 1 aromatic carbocycles. The van der Waals surface area contributed by atoms with Gasteiger partial charge in [-0.15, -0.1) is 0 Å². The number of nitrogens with zero attached hydrogens (tertiary/aromatic N) is 2. The van der Waals surface area contributed by atoms with Crippen LogP contribution in [0.4, 0.5) is 5.69 Å². The summed E-state index contributed by atoms with van der Waals surface area (Å²) in [6, 6.07) is 5.99. The lowest BCUT2D eigenvalue weighted by Crippen LogP contribution is -2.49. The quantitative estimate of drug-likeness (QED) is 0.443. The molecule has 0 spiro atoms. The molecule has 0 unspecified atom stereocenters. The number of nitro benzene ring substituents is 1. The van der Waals surface area contributed by atoms with Crippen molar-refractivity contribution in [3.63, 3.8) is 0 Å². The van der Waals surface area contributed by atoms with Crippen LogP contribution in [-0.4, -0.2) is 47.0 Å². The standard InChI is InChI=1S/C17H22N2O6/c1-12-6-5-7-13(2)18(12)16(20)10-25-17(21)11-24-15-9-4-3-8-14(15)19(22)23/h3-4,8-9,12-13H,5-7,10-11H2,1-2H3/t12-,13-/m0/s1. The maximum Gasteiger partial charge on any atom is 0.344 e.